The monoisotopic (exact) mass is 380 g/mol. The number of nitrogens with zero attached hydrogens (tertiary/aromatic N) is 3. The molecule has 0 amide bonds. The lowest BCUT2D eigenvalue weighted by Gasteiger charge is -2.20. The maximum Gasteiger partial charge on any atom is 0.153 e. The molecule has 120 valence electrons. The molecule has 0 aliphatic carbocycles. The number of nitrogens with one attached hydrogen (secondary N) is 1. The number of rotatable bonds is 4. The highest BCUT2D eigenvalue weighted by Gasteiger charge is 2.16. The molecular weight excluding hydrogens is 364 g/mol. The van der Waals surface area contributed by atoms with Crippen molar-refractivity contribution in [1.82, 2.24) is 14.6 Å². The van der Waals surface area contributed by atoms with Gasteiger partial charge in [-0.05, 0) is 38.7 Å². The van der Waals surface area contributed by atoms with Gasteiger partial charge in [0.05, 0.1) is 16.7 Å². The molecule has 1 unspecified atom stereocenters. The van der Waals surface area contributed by atoms with Gasteiger partial charge in [-0.1, -0.05) is 49.4 Å². The lowest BCUT2D eigenvalue weighted by Crippen LogP contribution is -2.12. The van der Waals surface area contributed by atoms with E-state index in [0.717, 1.165) is 22.2 Å². The molecular formula is C19H17BrN4. The van der Waals surface area contributed by atoms with Crippen LogP contribution in [-0.2, 0) is 0 Å². The molecule has 1 N–H and O–H groups in total. The number of hydrogen-bond acceptors (Lipinski definition) is 3. The van der Waals surface area contributed by atoms with Crippen molar-refractivity contribution in [1.29, 1.82) is 0 Å². The van der Waals surface area contributed by atoms with Gasteiger partial charge in [-0.2, -0.15) is 5.10 Å². The zero-order chi connectivity index (χ0) is 16.5. The first kappa shape index (κ1) is 15.1. The number of hydrogen-bond donors (Lipinski definition) is 1. The second kappa shape index (κ2) is 6.24. The molecule has 4 nitrogen and oxygen atoms in total. The summed E-state index contributed by atoms with van der Waals surface area (Å²) in [5.41, 5.74) is 2.24. The van der Waals surface area contributed by atoms with Crippen molar-refractivity contribution in [3.63, 3.8) is 0 Å². The molecule has 0 aliphatic heterocycles. The summed E-state index contributed by atoms with van der Waals surface area (Å²) < 4.78 is 2.76. The summed E-state index contributed by atoms with van der Waals surface area (Å²) in [6.45, 7) is 2.19. The first-order valence-corrected chi connectivity index (χ1v) is 8.79. The average Bonchev–Trinajstić information content (AvgIpc) is 3.01. The fraction of sp³-hybridized carbons (Fsp3) is 0.158. The Bertz CT molecular complexity index is 1000. The SMILES string of the molecule is CCC(Nc1nccn2ncc(Br)c12)c1cccc2ccccc12. The second-order valence-electron chi connectivity index (χ2n) is 5.74. The quantitative estimate of drug-likeness (QED) is 0.528. The van der Waals surface area contributed by atoms with Gasteiger partial charge in [0.2, 0.25) is 0 Å². The molecule has 0 saturated heterocycles. The van der Waals surface area contributed by atoms with E-state index >= 15 is 0 Å². The first-order chi connectivity index (χ1) is 11.8. The van der Waals surface area contributed by atoms with Crippen molar-refractivity contribution in [2.24, 2.45) is 0 Å². The van der Waals surface area contributed by atoms with E-state index in [4.69, 9.17) is 0 Å². The summed E-state index contributed by atoms with van der Waals surface area (Å²) >= 11 is 3.56. The summed E-state index contributed by atoms with van der Waals surface area (Å²) in [6, 6.07) is 15.1. The summed E-state index contributed by atoms with van der Waals surface area (Å²) in [5, 5.41) is 10.5. The molecule has 4 aromatic rings. The van der Waals surface area contributed by atoms with Crippen LogP contribution in [0.4, 0.5) is 5.82 Å². The molecule has 2 aromatic carbocycles. The molecule has 0 spiro atoms. The summed E-state index contributed by atoms with van der Waals surface area (Å²) in [4.78, 5) is 4.53. The molecule has 2 aromatic heterocycles. The van der Waals surface area contributed by atoms with Gasteiger partial charge in [0.1, 0.15) is 5.52 Å². The predicted molar refractivity (Wildman–Crippen MR) is 101 cm³/mol. The van der Waals surface area contributed by atoms with E-state index in [9.17, 15) is 0 Å². The standard InChI is InChI=1S/C19H17BrN4/c1-2-17(15-9-5-7-13-6-3-4-8-14(13)15)23-19-18-16(20)12-22-24(18)11-10-21-19/h3-12,17H,2H2,1H3,(H,21,23). The number of fused-ring (bicyclic) bond motifs is 2. The Kier molecular flexibility index (Phi) is 3.94. The summed E-state index contributed by atoms with van der Waals surface area (Å²) in [6.07, 6.45) is 6.37. The largest absolute Gasteiger partial charge is 0.361 e. The highest BCUT2D eigenvalue weighted by Crippen LogP contribution is 2.31. The van der Waals surface area contributed by atoms with Crippen LogP contribution in [0.25, 0.3) is 16.3 Å². The Hall–Kier alpha value is -2.40. The third-order valence-corrected chi connectivity index (χ3v) is 4.88. The Morgan fingerprint density at radius 3 is 2.88 bits per heavy atom. The van der Waals surface area contributed by atoms with Crippen LogP contribution in [0.3, 0.4) is 0 Å². The smallest absolute Gasteiger partial charge is 0.153 e. The molecule has 0 radical (unpaired) electrons. The van der Waals surface area contributed by atoms with Crippen molar-refractivity contribution in [2.45, 2.75) is 19.4 Å². The van der Waals surface area contributed by atoms with Crippen LogP contribution in [0.1, 0.15) is 24.9 Å². The fourth-order valence-corrected chi connectivity index (χ4v) is 3.59. The Labute approximate surface area is 148 Å². The minimum Gasteiger partial charge on any atom is -0.361 e. The minimum atomic E-state index is 0.177. The van der Waals surface area contributed by atoms with Gasteiger partial charge in [0.15, 0.2) is 5.82 Å². The van der Waals surface area contributed by atoms with Crippen LogP contribution in [0.2, 0.25) is 0 Å². The molecule has 2 heterocycles. The first-order valence-electron chi connectivity index (χ1n) is 8.00. The molecule has 0 bridgehead atoms. The van der Waals surface area contributed by atoms with Crippen molar-refractivity contribution in [3.8, 4) is 0 Å². The van der Waals surface area contributed by atoms with E-state index < -0.39 is 0 Å². The average molecular weight is 381 g/mol. The Morgan fingerprint density at radius 2 is 2.00 bits per heavy atom. The zero-order valence-corrected chi connectivity index (χ0v) is 14.9. The van der Waals surface area contributed by atoms with E-state index in [0.29, 0.717) is 0 Å². The molecule has 4 rings (SSSR count). The number of benzene rings is 2. The van der Waals surface area contributed by atoms with Crippen molar-refractivity contribution in [3.05, 3.63) is 71.1 Å². The fourth-order valence-electron chi connectivity index (χ4n) is 3.13. The molecule has 5 heteroatoms. The van der Waals surface area contributed by atoms with E-state index in [1.165, 1.54) is 16.3 Å². The van der Waals surface area contributed by atoms with Gasteiger partial charge < -0.3 is 5.32 Å². The van der Waals surface area contributed by atoms with Gasteiger partial charge in [-0.3, -0.25) is 0 Å². The predicted octanol–water partition coefficient (Wildman–Crippen LogP) is 5.21. The Balaban J connectivity index is 1.80. The minimum absolute atomic E-state index is 0.177. The highest BCUT2D eigenvalue weighted by molar-refractivity contribution is 9.10. The highest BCUT2D eigenvalue weighted by atomic mass is 79.9. The lowest BCUT2D eigenvalue weighted by atomic mass is 9.97. The van der Waals surface area contributed by atoms with Gasteiger partial charge in [-0.25, -0.2) is 9.50 Å². The molecule has 24 heavy (non-hydrogen) atoms. The lowest BCUT2D eigenvalue weighted by molar-refractivity contribution is 0.750. The van der Waals surface area contributed by atoms with Crippen LogP contribution >= 0.6 is 15.9 Å². The third-order valence-electron chi connectivity index (χ3n) is 4.30. The molecule has 0 fully saturated rings. The number of aromatic nitrogens is 3. The van der Waals surface area contributed by atoms with Crippen LogP contribution in [0.15, 0.2) is 65.5 Å². The maximum atomic E-state index is 4.53. The second-order valence-corrected chi connectivity index (χ2v) is 6.59. The third kappa shape index (κ3) is 2.55. The van der Waals surface area contributed by atoms with Gasteiger partial charge in [0.25, 0.3) is 0 Å². The number of halogens is 1. The topological polar surface area (TPSA) is 42.2 Å². The summed E-state index contributed by atoms with van der Waals surface area (Å²) in [5.74, 6) is 0.835. The van der Waals surface area contributed by atoms with Gasteiger partial charge in [0, 0.05) is 12.4 Å². The van der Waals surface area contributed by atoms with Gasteiger partial charge >= 0.3 is 0 Å². The normalized spacial score (nSPS) is 12.6. The van der Waals surface area contributed by atoms with Crippen LogP contribution in [0, 0.1) is 0 Å². The Morgan fingerprint density at radius 1 is 1.17 bits per heavy atom. The summed E-state index contributed by atoms with van der Waals surface area (Å²) in [7, 11) is 0. The van der Waals surface area contributed by atoms with Crippen LogP contribution in [0.5, 0.6) is 0 Å². The van der Waals surface area contributed by atoms with Crippen LogP contribution < -0.4 is 5.32 Å². The maximum absolute atomic E-state index is 4.53. The zero-order valence-electron chi connectivity index (χ0n) is 13.3. The van der Waals surface area contributed by atoms with Crippen molar-refractivity contribution >= 4 is 38.0 Å². The van der Waals surface area contributed by atoms with E-state index in [1.54, 1.807) is 12.4 Å². The van der Waals surface area contributed by atoms with Crippen molar-refractivity contribution < 1.29 is 0 Å². The number of anilines is 1. The van der Waals surface area contributed by atoms with E-state index in [1.807, 2.05) is 10.7 Å². The van der Waals surface area contributed by atoms with E-state index in [2.05, 4.69) is 80.7 Å². The van der Waals surface area contributed by atoms with Crippen LogP contribution in [-0.4, -0.2) is 14.6 Å². The molecule has 1 atom stereocenters. The molecule has 0 aliphatic rings. The molecule has 0 saturated carbocycles. The van der Waals surface area contributed by atoms with E-state index in [-0.39, 0.29) is 6.04 Å². The van der Waals surface area contributed by atoms with Crippen molar-refractivity contribution in [2.75, 3.05) is 5.32 Å². The van der Waals surface area contributed by atoms with Gasteiger partial charge in [-0.15, -0.1) is 0 Å².